The molecule has 0 radical (unpaired) electrons. The number of benzene rings is 5. The first kappa shape index (κ1) is 41.0. The van der Waals surface area contributed by atoms with Crippen molar-refractivity contribution in [2.24, 2.45) is 0 Å². The van der Waals surface area contributed by atoms with Crippen molar-refractivity contribution in [3.63, 3.8) is 0 Å². The standard InChI is InChI=1S/C28H16BF12.C11H17N/c1-9-5-13(30)17(25(38)21(9)34)29(18-14(31)6-10(2)22(35)26(18)39,19-15(32)7-11(3)23(36)27(19)40)20-16(33)8-12(4)24(37)28(20)41;1-3-12(4-2)10-11-8-6-5-7-9-11/h5-8H,1-4H3;5-9H,3-4,10H2,1-2H3/q-1;/p+1. The number of hydrogen-bond acceptors (Lipinski definition) is 0. The molecular formula is C39H34BF12N. The van der Waals surface area contributed by atoms with Crippen LogP contribution in [0.1, 0.15) is 41.7 Å². The maximum Gasteiger partial charge on any atom is 0.158 e. The molecule has 0 aliphatic carbocycles. The van der Waals surface area contributed by atoms with E-state index in [0.717, 1.165) is 34.2 Å². The van der Waals surface area contributed by atoms with Crippen LogP contribution in [0.3, 0.4) is 0 Å². The molecule has 1 N–H and O–H groups in total. The fourth-order valence-corrected chi connectivity index (χ4v) is 6.75. The molecule has 53 heavy (non-hydrogen) atoms. The SMILES string of the molecule is CC[NH+](CC)Cc1ccccc1.Cc1cc(F)c([B-](c2c(F)cc(C)c(F)c2F)(c2c(F)cc(C)c(F)c2F)c2c(F)cc(C)c(F)c2F)c(F)c1F. The van der Waals surface area contributed by atoms with Gasteiger partial charge in [0.2, 0.25) is 0 Å². The zero-order chi connectivity index (χ0) is 39.7. The van der Waals surface area contributed by atoms with Crippen LogP contribution < -0.4 is 26.8 Å². The quantitative estimate of drug-likeness (QED) is 0.0983. The molecule has 5 aromatic rings. The number of hydrogen-bond donors (Lipinski definition) is 1. The summed E-state index contributed by atoms with van der Waals surface area (Å²) < 4.78 is 186. The number of aryl methyl sites for hydroxylation is 4. The first-order chi connectivity index (χ1) is 24.9. The Bertz CT molecular complexity index is 1910. The van der Waals surface area contributed by atoms with Gasteiger partial charge in [-0.15, -0.1) is 21.9 Å². The molecule has 282 valence electrons. The first-order valence-corrected chi connectivity index (χ1v) is 16.5. The average Bonchev–Trinajstić information content (AvgIpc) is 3.10. The van der Waals surface area contributed by atoms with Crippen molar-refractivity contribution in [1.29, 1.82) is 0 Å². The lowest BCUT2D eigenvalue weighted by Gasteiger charge is -2.45. The maximum atomic E-state index is 15.8. The molecular weight excluding hydrogens is 721 g/mol. The Hall–Kier alpha value is -4.72. The summed E-state index contributed by atoms with van der Waals surface area (Å²) >= 11 is 0. The first-order valence-electron chi connectivity index (χ1n) is 16.5. The van der Waals surface area contributed by atoms with E-state index in [2.05, 4.69) is 44.2 Å². The second-order valence-electron chi connectivity index (χ2n) is 12.9. The molecule has 0 fully saturated rings. The van der Waals surface area contributed by atoms with Crippen molar-refractivity contribution in [2.45, 2.75) is 48.1 Å². The topological polar surface area (TPSA) is 4.44 Å². The summed E-state index contributed by atoms with van der Waals surface area (Å²) in [5, 5.41) is 0. The van der Waals surface area contributed by atoms with Gasteiger partial charge in [0.25, 0.3) is 0 Å². The summed E-state index contributed by atoms with van der Waals surface area (Å²) in [4.78, 5) is 1.64. The Morgan fingerprint density at radius 2 is 0.679 bits per heavy atom. The van der Waals surface area contributed by atoms with Gasteiger partial charge in [-0.05, 0) is 88.1 Å². The van der Waals surface area contributed by atoms with Crippen molar-refractivity contribution >= 4 is 28.0 Å². The van der Waals surface area contributed by atoms with Crippen LogP contribution in [0.2, 0.25) is 0 Å². The second-order valence-corrected chi connectivity index (χ2v) is 12.9. The minimum Gasteiger partial charge on any atom is -0.332 e. The zero-order valence-electron chi connectivity index (χ0n) is 29.4. The third kappa shape index (κ3) is 7.30. The summed E-state index contributed by atoms with van der Waals surface area (Å²) in [5.41, 5.74) is -10.4. The highest BCUT2D eigenvalue weighted by molar-refractivity contribution is 7.20. The van der Waals surface area contributed by atoms with Crippen molar-refractivity contribution in [3.05, 3.63) is 152 Å². The van der Waals surface area contributed by atoms with E-state index >= 15 is 35.1 Å². The van der Waals surface area contributed by atoms with Gasteiger partial charge in [-0.2, -0.15) is 0 Å². The van der Waals surface area contributed by atoms with E-state index in [1.54, 1.807) is 4.90 Å². The molecule has 5 aromatic carbocycles. The normalized spacial score (nSPS) is 11.6. The highest BCUT2D eigenvalue weighted by Gasteiger charge is 2.48. The van der Waals surface area contributed by atoms with Gasteiger partial charge in [-0.1, -0.05) is 30.3 Å². The Labute approximate surface area is 298 Å². The monoisotopic (exact) mass is 755 g/mol. The van der Waals surface area contributed by atoms with Gasteiger partial charge in [0, 0.05) is 5.56 Å². The average molecular weight is 755 g/mol. The molecule has 0 aliphatic heterocycles. The molecule has 0 aromatic heterocycles. The molecule has 0 amide bonds. The molecule has 0 unspecified atom stereocenters. The minimum absolute atomic E-state index is 0.158. The zero-order valence-corrected chi connectivity index (χ0v) is 29.4. The van der Waals surface area contributed by atoms with Crippen LogP contribution in [0.15, 0.2) is 54.6 Å². The lowest BCUT2D eigenvalue weighted by Crippen LogP contribution is -3.10. The van der Waals surface area contributed by atoms with E-state index in [4.69, 9.17) is 0 Å². The van der Waals surface area contributed by atoms with E-state index in [-0.39, 0.29) is 24.3 Å². The van der Waals surface area contributed by atoms with Crippen molar-refractivity contribution in [3.8, 4) is 0 Å². The predicted octanol–water partition coefficient (Wildman–Crippen LogP) is 7.08. The molecule has 0 bridgehead atoms. The van der Waals surface area contributed by atoms with Crippen LogP contribution in [0.5, 0.6) is 0 Å². The van der Waals surface area contributed by atoms with Gasteiger partial charge in [0.05, 0.1) is 36.4 Å². The van der Waals surface area contributed by atoms with Gasteiger partial charge in [0.15, 0.2) is 23.3 Å². The van der Waals surface area contributed by atoms with Gasteiger partial charge in [-0.25, -0.2) is 52.7 Å². The van der Waals surface area contributed by atoms with E-state index in [9.17, 15) is 17.6 Å². The van der Waals surface area contributed by atoms with E-state index in [1.807, 2.05) is 0 Å². The molecule has 0 saturated heterocycles. The van der Waals surface area contributed by atoms with Gasteiger partial charge < -0.3 is 4.90 Å². The summed E-state index contributed by atoms with van der Waals surface area (Å²) in [7, 11) is 0. The Balaban J connectivity index is 0.000000443. The second kappa shape index (κ2) is 16.1. The lowest BCUT2D eigenvalue weighted by atomic mass is 9.12. The lowest BCUT2D eigenvalue weighted by molar-refractivity contribution is -0.910. The maximum absolute atomic E-state index is 15.8. The Kier molecular flexibility index (Phi) is 12.5. The van der Waals surface area contributed by atoms with Crippen LogP contribution in [0.25, 0.3) is 0 Å². The predicted molar refractivity (Wildman–Crippen MR) is 181 cm³/mol. The third-order valence-electron chi connectivity index (χ3n) is 9.53. The summed E-state index contributed by atoms with van der Waals surface area (Å²) in [6.45, 7) is 11.3. The molecule has 0 atom stereocenters. The van der Waals surface area contributed by atoms with Crippen molar-refractivity contribution in [1.82, 2.24) is 0 Å². The Morgan fingerprint density at radius 1 is 0.415 bits per heavy atom. The highest BCUT2D eigenvalue weighted by Crippen LogP contribution is 2.27. The molecule has 0 aliphatic rings. The van der Waals surface area contributed by atoms with E-state index in [1.165, 1.54) is 18.7 Å². The van der Waals surface area contributed by atoms with Crippen molar-refractivity contribution < 1.29 is 57.6 Å². The van der Waals surface area contributed by atoms with E-state index in [0.29, 0.717) is 0 Å². The van der Waals surface area contributed by atoms with Gasteiger partial charge >= 0.3 is 0 Å². The molecule has 14 heteroatoms. The smallest absolute Gasteiger partial charge is 0.158 e. The minimum atomic E-state index is -5.51. The van der Waals surface area contributed by atoms with Crippen molar-refractivity contribution in [2.75, 3.05) is 13.1 Å². The van der Waals surface area contributed by atoms with Crippen LogP contribution >= 0.6 is 0 Å². The molecule has 0 spiro atoms. The van der Waals surface area contributed by atoms with Crippen LogP contribution in [-0.2, 0) is 6.54 Å². The molecule has 0 heterocycles. The van der Waals surface area contributed by atoms with Gasteiger partial charge in [-0.3, -0.25) is 0 Å². The van der Waals surface area contributed by atoms with Crippen LogP contribution in [0.4, 0.5) is 52.7 Å². The molecule has 0 saturated carbocycles. The van der Waals surface area contributed by atoms with Crippen LogP contribution in [-0.4, -0.2) is 19.2 Å². The fraction of sp³-hybridized carbons (Fsp3) is 0.231. The number of halogens is 12. The fourth-order valence-electron chi connectivity index (χ4n) is 6.75. The number of rotatable bonds is 8. The number of nitrogens with one attached hydrogen (secondary N) is 1. The molecule has 5 rings (SSSR count). The third-order valence-corrected chi connectivity index (χ3v) is 9.53. The molecule has 1 nitrogen and oxygen atoms in total. The number of quaternary nitrogens is 1. The van der Waals surface area contributed by atoms with E-state index < -0.39 is 120 Å². The highest BCUT2D eigenvalue weighted by atomic mass is 19.2. The summed E-state index contributed by atoms with van der Waals surface area (Å²) in [6, 6.07) is 11.3. The Morgan fingerprint density at radius 3 is 0.925 bits per heavy atom. The van der Waals surface area contributed by atoms with Gasteiger partial charge in [0.1, 0.15) is 36.0 Å². The summed E-state index contributed by atoms with van der Waals surface area (Å²) in [5.74, 6) is -26.3. The largest absolute Gasteiger partial charge is 0.332 e. The summed E-state index contributed by atoms with van der Waals surface area (Å²) in [6.07, 6.45) is -5.51. The van der Waals surface area contributed by atoms with Crippen LogP contribution in [0, 0.1) is 97.5 Å².